The van der Waals surface area contributed by atoms with Crippen LogP contribution in [0.25, 0.3) is 0 Å². The molecular weight excluding hydrogens is 523 g/mol. The first-order valence-corrected chi connectivity index (χ1v) is 13.4. The number of carbonyl (C=O) groups excluding carboxylic acids is 1. The SMILES string of the molecule is O=C(C1CCCN(c2nc(Cc3ccc(Cl)cc3)ns2)C1)N1CCN(c2cccc(C(F)(F)F)c2)CC1. The number of aromatic nitrogens is 2. The molecule has 0 N–H and O–H groups in total. The van der Waals surface area contributed by atoms with Gasteiger partial charge in [0.25, 0.3) is 0 Å². The molecule has 196 valence electrons. The number of benzene rings is 2. The lowest BCUT2D eigenvalue weighted by atomic mass is 9.96. The lowest BCUT2D eigenvalue weighted by molar-refractivity contribution is -0.137. The highest BCUT2D eigenvalue weighted by molar-refractivity contribution is 7.09. The Morgan fingerprint density at radius 3 is 2.51 bits per heavy atom. The highest BCUT2D eigenvalue weighted by atomic mass is 35.5. The molecule has 37 heavy (non-hydrogen) atoms. The normalized spacial score (nSPS) is 18.8. The lowest BCUT2D eigenvalue weighted by Gasteiger charge is -2.39. The molecule has 0 aliphatic carbocycles. The van der Waals surface area contributed by atoms with Crippen molar-refractivity contribution in [1.29, 1.82) is 0 Å². The maximum Gasteiger partial charge on any atom is 0.416 e. The summed E-state index contributed by atoms with van der Waals surface area (Å²) in [5.41, 5.74) is 0.972. The van der Waals surface area contributed by atoms with Gasteiger partial charge in [-0.3, -0.25) is 4.79 Å². The Bertz CT molecular complexity index is 1230. The van der Waals surface area contributed by atoms with Crippen molar-refractivity contribution in [3.05, 3.63) is 70.5 Å². The summed E-state index contributed by atoms with van der Waals surface area (Å²) >= 11 is 7.32. The monoisotopic (exact) mass is 549 g/mol. The van der Waals surface area contributed by atoms with E-state index < -0.39 is 11.7 Å². The molecule has 1 unspecified atom stereocenters. The topological polar surface area (TPSA) is 52.6 Å². The van der Waals surface area contributed by atoms with Crippen LogP contribution in [0.15, 0.2) is 48.5 Å². The predicted molar refractivity (Wildman–Crippen MR) is 139 cm³/mol. The zero-order chi connectivity index (χ0) is 26.0. The molecule has 2 saturated heterocycles. The molecule has 6 nitrogen and oxygen atoms in total. The van der Waals surface area contributed by atoms with Gasteiger partial charge in [0.1, 0.15) is 5.82 Å². The van der Waals surface area contributed by atoms with Crippen LogP contribution in [0.4, 0.5) is 24.0 Å². The van der Waals surface area contributed by atoms with Crippen molar-refractivity contribution in [2.75, 3.05) is 49.1 Å². The minimum absolute atomic E-state index is 0.110. The third-order valence-electron chi connectivity index (χ3n) is 6.90. The van der Waals surface area contributed by atoms with E-state index in [2.05, 4.69) is 9.27 Å². The largest absolute Gasteiger partial charge is 0.416 e. The molecule has 2 fully saturated rings. The Morgan fingerprint density at radius 1 is 1.03 bits per heavy atom. The Kier molecular flexibility index (Phi) is 7.57. The number of hydrogen-bond donors (Lipinski definition) is 0. The van der Waals surface area contributed by atoms with E-state index in [9.17, 15) is 18.0 Å². The van der Waals surface area contributed by atoms with Crippen LogP contribution in [0.5, 0.6) is 0 Å². The number of halogens is 4. The van der Waals surface area contributed by atoms with E-state index >= 15 is 0 Å². The van der Waals surface area contributed by atoms with Crippen LogP contribution in [-0.4, -0.2) is 59.4 Å². The van der Waals surface area contributed by atoms with Gasteiger partial charge in [0.05, 0.1) is 11.5 Å². The second-order valence-electron chi connectivity index (χ2n) is 9.44. The van der Waals surface area contributed by atoms with Gasteiger partial charge in [0.15, 0.2) is 0 Å². The number of piperidine rings is 1. The van der Waals surface area contributed by atoms with Crippen molar-refractivity contribution in [2.45, 2.75) is 25.4 Å². The fourth-order valence-electron chi connectivity index (χ4n) is 4.90. The van der Waals surface area contributed by atoms with Gasteiger partial charge < -0.3 is 14.7 Å². The molecule has 3 aromatic rings. The van der Waals surface area contributed by atoms with Crippen LogP contribution in [0.2, 0.25) is 5.02 Å². The molecule has 2 aliphatic rings. The van der Waals surface area contributed by atoms with Crippen LogP contribution in [0.3, 0.4) is 0 Å². The van der Waals surface area contributed by atoms with Crippen molar-refractivity contribution in [2.24, 2.45) is 5.92 Å². The average molecular weight is 550 g/mol. The number of rotatable bonds is 5. The van der Waals surface area contributed by atoms with Gasteiger partial charge in [-0.25, -0.2) is 4.98 Å². The van der Waals surface area contributed by atoms with Gasteiger partial charge in [0.2, 0.25) is 11.0 Å². The van der Waals surface area contributed by atoms with E-state index in [0.29, 0.717) is 49.9 Å². The van der Waals surface area contributed by atoms with Crippen LogP contribution in [-0.2, 0) is 17.4 Å². The fraction of sp³-hybridized carbons (Fsp3) is 0.423. The van der Waals surface area contributed by atoms with Crippen molar-refractivity contribution < 1.29 is 18.0 Å². The Labute approximate surface area is 222 Å². The zero-order valence-electron chi connectivity index (χ0n) is 20.1. The summed E-state index contributed by atoms with van der Waals surface area (Å²) in [6.45, 7) is 3.44. The molecule has 3 heterocycles. The molecular formula is C26H27ClF3N5OS. The average Bonchev–Trinajstić information content (AvgIpc) is 3.38. The first-order chi connectivity index (χ1) is 17.8. The quantitative estimate of drug-likeness (QED) is 0.428. The standard InChI is InChI=1S/C26H27ClF3N5OS/c27-21-8-6-18(7-9-21)15-23-31-25(37-32-23)35-10-2-3-19(17-35)24(36)34-13-11-33(12-14-34)22-5-1-4-20(16-22)26(28,29)30/h1,4-9,16,19H,2-3,10-15,17H2. The maximum absolute atomic E-state index is 13.3. The molecule has 1 atom stereocenters. The van der Waals surface area contributed by atoms with Gasteiger partial charge in [-0.05, 0) is 48.7 Å². The summed E-state index contributed by atoms with van der Waals surface area (Å²) in [5, 5.41) is 1.52. The van der Waals surface area contributed by atoms with Crippen LogP contribution < -0.4 is 9.80 Å². The number of carbonyl (C=O) groups is 1. The van der Waals surface area contributed by atoms with E-state index in [0.717, 1.165) is 42.0 Å². The molecule has 2 aromatic carbocycles. The number of piperazine rings is 1. The first-order valence-electron chi connectivity index (χ1n) is 12.3. The van der Waals surface area contributed by atoms with Crippen molar-refractivity contribution in [3.63, 3.8) is 0 Å². The Balaban J connectivity index is 1.16. The number of alkyl halides is 3. The van der Waals surface area contributed by atoms with Gasteiger partial charge >= 0.3 is 6.18 Å². The van der Waals surface area contributed by atoms with E-state index in [-0.39, 0.29) is 11.8 Å². The van der Waals surface area contributed by atoms with E-state index in [4.69, 9.17) is 16.6 Å². The summed E-state index contributed by atoms with van der Waals surface area (Å²) in [6.07, 6.45) is -2.03. The predicted octanol–water partition coefficient (Wildman–Crippen LogP) is 5.37. The number of anilines is 2. The second-order valence-corrected chi connectivity index (χ2v) is 10.6. The third kappa shape index (κ3) is 6.18. The molecule has 2 aliphatic heterocycles. The van der Waals surface area contributed by atoms with Gasteiger partial charge in [-0.15, -0.1) is 0 Å². The van der Waals surface area contributed by atoms with E-state index in [1.165, 1.54) is 23.7 Å². The molecule has 0 radical (unpaired) electrons. The summed E-state index contributed by atoms with van der Waals surface area (Å²) in [7, 11) is 0. The Hall–Kier alpha value is -2.85. The molecule has 0 saturated carbocycles. The summed E-state index contributed by atoms with van der Waals surface area (Å²) < 4.78 is 43.8. The number of nitrogens with zero attached hydrogens (tertiary/aromatic N) is 5. The highest BCUT2D eigenvalue weighted by Crippen LogP contribution is 2.32. The molecule has 0 bridgehead atoms. The van der Waals surface area contributed by atoms with E-state index in [1.807, 2.05) is 34.1 Å². The highest BCUT2D eigenvalue weighted by Gasteiger charge is 2.33. The van der Waals surface area contributed by atoms with E-state index in [1.54, 1.807) is 6.07 Å². The maximum atomic E-state index is 13.3. The van der Waals surface area contributed by atoms with Crippen LogP contribution in [0, 0.1) is 5.92 Å². The fourth-order valence-corrected chi connectivity index (χ4v) is 5.75. The van der Waals surface area contributed by atoms with Gasteiger partial charge in [-0.1, -0.05) is 29.8 Å². The molecule has 0 spiro atoms. The molecule has 5 rings (SSSR count). The molecule has 11 heteroatoms. The van der Waals surface area contributed by atoms with Gasteiger partial charge in [0, 0.05) is 67.9 Å². The lowest BCUT2D eigenvalue weighted by Crippen LogP contribution is -2.52. The summed E-state index contributed by atoms with van der Waals surface area (Å²) in [6, 6.07) is 13.0. The summed E-state index contributed by atoms with van der Waals surface area (Å²) in [4.78, 5) is 23.9. The minimum atomic E-state index is -4.37. The van der Waals surface area contributed by atoms with Crippen LogP contribution in [0.1, 0.15) is 29.8 Å². The van der Waals surface area contributed by atoms with Gasteiger partial charge in [-0.2, -0.15) is 17.5 Å². The van der Waals surface area contributed by atoms with Crippen molar-refractivity contribution >= 4 is 39.9 Å². The third-order valence-corrected chi connectivity index (χ3v) is 7.97. The number of hydrogen-bond acceptors (Lipinski definition) is 6. The summed E-state index contributed by atoms with van der Waals surface area (Å²) in [5.74, 6) is 0.734. The van der Waals surface area contributed by atoms with Crippen molar-refractivity contribution in [1.82, 2.24) is 14.3 Å². The first kappa shape index (κ1) is 25.8. The second kappa shape index (κ2) is 10.9. The Morgan fingerprint density at radius 2 is 1.78 bits per heavy atom. The smallest absolute Gasteiger partial charge is 0.368 e. The minimum Gasteiger partial charge on any atom is -0.368 e. The zero-order valence-corrected chi connectivity index (χ0v) is 21.7. The van der Waals surface area contributed by atoms with Crippen LogP contribution >= 0.6 is 23.1 Å². The molecule has 1 amide bonds. The molecule has 1 aromatic heterocycles. The van der Waals surface area contributed by atoms with Crippen molar-refractivity contribution in [3.8, 4) is 0 Å². The number of amides is 1.